The van der Waals surface area contributed by atoms with Crippen molar-refractivity contribution >= 4 is 11.7 Å². The standard InChI is InChI=1S/C24H30N2O3/c1-19-8-3-5-10-21(19)22(27)11-7-13-24(28)26-16-14-25(15-17-26)18-20-9-4-6-12-23(20)29-2/h3-6,8-10,12H,7,11,13-18H2,1-2H3. The lowest BCUT2D eigenvalue weighted by atomic mass is 10.0. The van der Waals surface area contributed by atoms with E-state index >= 15 is 0 Å². The summed E-state index contributed by atoms with van der Waals surface area (Å²) in [5.41, 5.74) is 2.93. The molecule has 5 heteroatoms. The van der Waals surface area contributed by atoms with Gasteiger partial charge in [-0.1, -0.05) is 42.5 Å². The Morgan fingerprint density at radius 2 is 1.62 bits per heavy atom. The molecule has 2 aromatic rings. The van der Waals surface area contributed by atoms with E-state index in [1.165, 1.54) is 5.56 Å². The molecule has 0 saturated carbocycles. The number of hydrogen-bond acceptors (Lipinski definition) is 4. The topological polar surface area (TPSA) is 49.9 Å². The molecule has 0 bridgehead atoms. The molecule has 1 heterocycles. The number of carbonyl (C=O) groups excluding carboxylic acids is 2. The van der Waals surface area contributed by atoms with Gasteiger partial charge >= 0.3 is 0 Å². The SMILES string of the molecule is COc1ccccc1CN1CCN(C(=O)CCCC(=O)c2ccccc2C)CC1. The zero-order chi connectivity index (χ0) is 20.6. The number of benzene rings is 2. The minimum absolute atomic E-state index is 0.123. The number of para-hydroxylation sites is 1. The Morgan fingerprint density at radius 1 is 0.931 bits per heavy atom. The number of hydrogen-bond donors (Lipinski definition) is 0. The zero-order valence-corrected chi connectivity index (χ0v) is 17.4. The highest BCUT2D eigenvalue weighted by atomic mass is 16.5. The first kappa shape index (κ1) is 21.1. The Hall–Kier alpha value is -2.66. The van der Waals surface area contributed by atoms with Crippen molar-refractivity contribution in [3.05, 3.63) is 65.2 Å². The van der Waals surface area contributed by atoms with Crippen LogP contribution < -0.4 is 4.74 Å². The fourth-order valence-electron chi connectivity index (χ4n) is 3.81. The van der Waals surface area contributed by atoms with Gasteiger partial charge in [-0.25, -0.2) is 0 Å². The fourth-order valence-corrected chi connectivity index (χ4v) is 3.81. The minimum atomic E-state index is 0.123. The molecule has 1 aliphatic heterocycles. The number of piperazine rings is 1. The Bertz CT molecular complexity index is 842. The Morgan fingerprint density at radius 3 is 2.34 bits per heavy atom. The van der Waals surface area contributed by atoms with Gasteiger partial charge in [-0.3, -0.25) is 14.5 Å². The molecule has 0 spiro atoms. The Kier molecular flexibility index (Phi) is 7.42. The number of methoxy groups -OCH3 is 1. The van der Waals surface area contributed by atoms with E-state index in [9.17, 15) is 9.59 Å². The highest BCUT2D eigenvalue weighted by Gasteiger charge is 2.21. The Balaban J connectivity index is 1.41. The van der Waals surface area contributed by atoms with Crippen LogP contribution in [0.25, 0.3) is 0 Å². The number of rotatable bonds is 8. The maximum atomic E-state index is 12.5. The molecular weight excluding hydrogens is 364 g/mol. The second kappa shape index (κ2) is 10.2. The summed E-state index contributed by atoms with van der Waals surface area (Å²) in [4.78, 5) is 29.2. The van der Waals surface area contributed by atoms with Crippen LogP contribution in [0.1, 0.15) is 40.7 Å². The Labute approximate surface area is 173 Å². The van der Waals surface area contributed by atoms with Gasteiger partial charge in [-0.15, -0.1) is 0 Å². The molecular formula is C24H30N2O3. The summed E-state index contributed by atoms with van der Waals surface area (Å²) in [5.74, 6) is 1.18. The van der Waals surface area contributed by atoms with Crippen molar-refractivity contribution in [3.63, 3.8) is 0 Å². The molecule has 1 amide bonds. The monoisotopic (exact) mass is 394 g/mol. The summed E-state index contributed by atoms with van der Waals surface area (Å²) in [6, 6.07) is 15.7. The van der Waals surface area contributed by atoms with E-state index in [1.54, 1.807) is 7.11 Å². The van der Waals surface area contributed by atoms with Crippen LogP contribution in [-0.4, -0.2) is 54.8 Å². The zero-order valence-electron chi connectivity index (χ0n) is 17.4. The summed E-state index contributed by atoms with van der Waals surface area (Å²) in [6.07, 6.45) is 1.46. The molecule has 2 aromatic carbocycles. The third-order valence-corrected chi connectivity index (χ3v) is 5.55. The number of carbonyl (C=O) groups is 2. The van der Waals surface area contributed by atoms with Crippen LogP contribution in [0, 0.1) is 6.92 Å². The summed E-state index contributed by atoms with van der Waals surface area (Å²) in [7, 11) is 1.69. The molecule has 0 radical (unpaired) electrons. The first-order valence-corrected chi connectivity index (χ1v) is 10.3. The van der Waals surface area contributed by atoms with Gasteiger partial charge in [0.1, 0.15) is 5.75 Å². The lowest BCUT2D eigenvalue weighted by Gasteiger charge is -2.35. The third kappa shape index (κ3) is 5.67. The predicted molar refractivity (Wildman–Crippen MR) is 114 cm³/mol. The number of ether oxygens (including phenoxy) is 1. The van der Waals surface area contributed by atoms with Crippen molar-refractivity contribution < 1.29 is 14.3 Å². The van der Waals surface area contributed by atoms with Crippen LogP contribution in [0.4, 0.5) is 0 Å². The van der Waals surface area contributed by atoms with Gasteiger partial charge in [0.15, 0.2) is 5.78 Å². The molecule has 154 valence electrons. The quantitative estimate of drug-likeness (QED) is 0.641. The van der Waals surface area contributed by atoms with E-state index in [1.807, 2.05) is 54.3 Å². The van der Waals surface area contributed by atoms with E-state index in [4.69, 9.17) is 4.74 Å². The highest BCUT2D eigenvalue weighted by Crippen LogP contribution is 2.20. The lowest BCUT2D eigenvalue weighted by Crippen LogP contribution is -2.48. The number of ketones is 1. The van der Waals surface area contributed by atoms with Crippen LogP contribution in [0.5, 0.6) is 5.75 Å². The molecule has 0 atom stereocenters. The van der Waals surface area contributed by atoms with E-state index in [0.717, 1.165) is 49.6 Å². The van der Waals surface area contributed by atoms with Gasteiger partial charge in [0, 0.05) is 56.7 Å². The molecule has 0 N–H and O–H groups in total. The van der Waals surface area contributed by atoms with Crippen molar-refractivity contribution in [3.8, 4) is 5.75 Å². The van der Waals surface area contributed by atoms with Crippen molar-refractivity contribution in [2.24, 2.45) is 0 Å². The number of Topliss-reactive ketones (excluding diaryl/α,β-unsaturated/α-hetero) is 1. The minimum Gasteiger partial charge on any atom is -0.496 e. The second-order valence-corrected chi connectivity index (χ2v) is 7.56. The lowest BCUT2D eigenvalue weighted by molar-refractivity contribution is -0.133. The van der Waals surface area contributed by atoms with Gasteiger partial charge in [0.2, 0.25) is 5.91 Å². The second-order valence-electron chi connectivity index (χ2n) is 7.56. The smallest absolute Gasteiger partial charge is 0.222 e. The summed E-state index contributed by atoms with van der Waals surface area (Å²) < 4.78 is 5.43. The molecule has 29 heavy (non-hydrogen) atoms. The van der Waals surface area contributed by atoms with Crippen LogP contribution in [0.3, 0.4) is 0 Å². The summed E-state index contributed by atoms with van der Waals surface area (Å²) >= 11 is 0. The predicted octanol–water partition coefficient (Wildman–Crippen LogP) is 3.70. The van der Waals surface area contributed by atoms with Gasteiger partial charge < -0.3 is 9.64 Å². The van der Waals surface area contributed by atoms with Crippen LogP contribution in [-0.2, 0) is 11.3 Å². The number of nitrogens with zero attached hydrogens (tertiary/aromatic N) is 2. The first-order chi connectivity index (χ1) is 14.1. The van der Waals surface area contributed by atoms with E-state index in [2.05, 4.69) is 11.0 Å². The molecule has 5 nitrogen and oxygen atoms in total. The summed E-state index contributed by atoms with van der Waals surface area (Å²) in [5, 5.41) is 0. The van der Waals surface area contributed by atoms with Crippen molar-refractivity contribution in [1.82, 2.24) is 9.80 Å². The van der Waals surface area contributed by atoms with Crippen LogP contribution in [0.15, 0.2) is 48.5 Å². The molecule has 0 unspecified atom stereocenters. The van der Waals surface area contributed by atoms with Gasteiger partial charge in [0.25, 0.3) is 0 Å². The van der Waals surface area contributed by atoms with E-state index in [0.29, 0.717) is 19.3 Å². The summed E-state index contributed by atoms with van der Waals surface area (Å²) in [6.45, 7) is 5.96. The molecule has 1 fully saturated rings. The van der Waals surface area contributed by atoms with Crippen LogP contribution in [0.2, 0.25) is 0 Å². The first-order valence-electron chi connectivity index (χ1n) is 10.3. The molecule has 3 rings (SSSR count). The third-order valence-electron chi connectivity index (χ3n) is 5.55. The number of amides is 1. The molecule has 1 saturated heterocycles. The maximum absolute atomic E-state index is 12.5. The molecule has 0 aliphatic carbocycles. The molecule has 1 aliphatic rings. The highest BCUT2D eigenvalue weighted by molar-refractivity contribution is 5.97. The van der Waals surface area contributed by atoms with Crippen molar-refractivity contribution in [2.75, 3.05) is 33.3 Å². The average Bonchev–Trinajstić information content (AvgIpc) is 2.75. The van der Waals surface area contributed by atoms with Crippen molar-refractivity contribution in [2.45, 2.75) is 32.7 Å². The van der Waals surface area contributed by atoms with Crippen molar-refractivity contribution in [1.29, 1.82) is 0 Å². The maximum Gasteiger partial charge on any atom is 0.222 e. The number of aryl methyl sites for hydroxylation is 1. The van der Waals surface area contributed by atoms with Crippen LogP contribution >= 0.6 is 0 Å². The molecule has 0 aromatic heterocycles. The van der Waals surface area contributed by atoms with Gasteiger partial charge in [-0.2, -0.15) is 0 Å². The van der Waals surface area contributed by atoms with E-state index in [-0.39, 0.29) is 11.7 Å². The average molecular weight is 395 g/mol. The normalized spacial score (nSPS) is 14.6. The van der Waals surface area contributed by atoms with Gasteiger partial charge in [0.05, 0.1) is 7.11 Å². The fraction of sp³-hybridized carbons (Fsp3) is 0.417. The van der Waals surface area contributed by atoms with E-state index < -0.39 is 0 Å². The van der Waals surface area contributed by atoms with Gasteiger partial charge in [-0.05, 0) is 25.0 Å². The largest absolute Gasteiger partial charge is 0.496 e.